The molecule has 3 rings (SSSR count). The zero-order valence-corrected chi connectivity index (χ0v) is 25.8. The third-order valence-corrected chi connectivity index (χ3v) is 9.87. The smallest absolute Gasteiger partial charge is 0.261 e. The fourth-order valence-corrected chi connectivity index (χ4v) is 7.35. The Morgan fingerprint density at radius 3 is 2.34 bits per heavy atom. The van der Waals surface area contributed by atoms with E-state index in [0.717, 1.165) is 31.2 Å². The summed E-state index contributed by atoms with van der Waals surface area (Å²) in [6.45, 7) is 14.4. The number of aryl methyl sites for hydroxylation is 1. The molecule has 0 bridgehead atoms. The maximum Gasteiger partial charge on any atom is 0.261 e. The van der Waals surface area contributed by atoms with Gasteiger partial charge in [-0.2, -0.15) is 0 Å². The first-order valence-electron chi connectivity index (χ1n) is 13.3. The summed E-state index contributed by atoms with van der Waals surface area (Å²) in [7, 11) is -6.17. The molecule has 8 nitrogen and oxygen atoms in total. The van der Waals surface area contributed by atoms with Gasteiger partial charge in [0.25, 0.3) is 5.91 Å². The van der Waals surface area contributed by atoms with E-state index in [1.807, 2.05) is 39.0 Å². The minimum Gasteiger partial charge on any atom is -0.509 e. The number of aliphatic hydroxyl groups excluding tert-OH is 1. The van der Waals surface area contributed by atoms with Crippen molar-refractivity contribution in [2.75, 3.05) is 30.5 Å². The average molecular weight is 566 g/mol. The van der Waals surface area contributed by atoms with E-state index in [-0.39, 0.29) is 34.2 Å². The predicted molar refractivity (Wildman–Crippen MR) is 157 cm³/mol. The van der Waals surface area contributed by atoms with Crippen LogP contribution in [0.25, 0.3) is 0 Å². The van der Waals surface area contributed by atoms with Gasteiger partial charge < -0.3 is 15.3 Å². The Hall–Kier alpha value is -2.12. The van der Waals surface area contributed by atoms with Crippen LogP contribution in [-0.4, -0.2) is 61.4 Å². The van der Waals surface area contributed by atoms with Crippen LogP contribution in [0.5, 0.6) is 0 Å². The van der Waals surface area contributed by atoms with Crippen molar-refractivity contribution in [1.82, 2.24) is 4.90 Å². The third kappa shape index (κ3) is 7.29. The lowest BCUT2D eigenvalue weighted by Crippen LogP contribution is -2.45. The predicted octanol–water partition coefficient (Wildman–Crippen LogP) is 5.31. The molecule has 1 unspecified atom stereocenters. The van der Waals surface area contributed by atoms with Crippen LogP contribution in [0.15, 0.2) is 34.3 Å². The number of carbonyl (C=O) groups excluding carboxylic acids is 1. The van der Waals surface area contributed by atoms with Gasteiger partial charge in [0.15, 0.2) is 0 Å². The van der Waals surface area contributed by atoms with Gasteiger partial charge in [0.2, 0.25) is 7.29 Å². The van der Waals surface area contributed by atoms with Crippen molar-refractivity contribution in [3.63, 3.8) is 0 Å². The minimum absolute atomic E-state index is 0.0190. The number of amides is 1. The largest absolute Gasteiger partial charge is 0.509 e. The first-order valence-corrected chi connectivity index (χ1v) is 17.5. The van der Waals surface area contributed by atoms with Crippen molar-refractivity contribution in [3.8, 4) is 0 Å². The Morgan fingerprint density at radius 1 is 1.11 bits per heavy atom. The number of hydrogen-bond donors (Lipinski definition) is 2. The molecule has 1 amide bonds. The standard InChI is InChI=1S/C28H44N3O5PS/c1-27(2,3)15-16-31-24(28(4,5)6)23(32)22(26(31)33)25-29-20-14-13-19(18-21(20)37(7,34)30-25)12-10-9-11-17-38(8,35)36/h13-14,18,24,32H,9-12,15-17H2,1-8H3,(H,29,30,34)/t24-,37?/m1/s1. The fraction of sp³-hybridized carbons (Fsp3) is 0.643. The molecule has 1 aromatic carbocycles. The number of aliphatic hydroxyl groups is 1. The van der Waals surface area contributed by atoms with Gasteiger partial charge in [-0.1, -0.05) is 54.0 Å². The van der Waals surface area contributed by atoms with Crippen LogP contribution < -0.4 is 10.6 Å². The lowest BCUT2D eigenvalue weighted by Gasteiger charge is -2.36. The number of unbranched alkanes of at least 4 members (excludes halogenated alkanes) is 2. The molecule has 0 spiro atoms. The highest BCUT2D eigenvalue weighted by molar-refractivity contribution is 7.90. The average Bonchev–Trinajstić information content (AvgIpc) is 3.00. The summed E-state index contributed by atoms with van der Waals surface area (Å²) >= 11 is 0. The molecule has 38 heavy (non-hydrogen) atoms. The SMILES string of the molecule is CC(C)(C)CCN1C(=O)C(C2=NP(C)(=O)c3cc(CCCCCS(C)(=O)=O)ccc3N2)=C(O)[C@@H]1C(C)(C)C. The van der Waals surface area contributed by atoms with E-state index in [1.54, 1.807) is 11.6 Å². The van der Waals surface area contributed by atoms with E-state index in [0.29, 0.717) is 24.0 Å². The second kappa shape index (κ2) is 10.8. The van der Waals surface area contributed by atoms with Crippen LogP contribution in [0.1, 0.15) is 72.8 Å². The zero-order chi connectivity index (χ0) is 28.7. The molecule has 212 valence electrons. The van der Waals surface area contributed by atoms with Crippen molar-refractivity contribution < 1.29 is 22.9 Å². The Labute approximate surface area is 228 Å². The van der Waals surface area contributed by atoms with E-state index in [2.05, 4.69) is 30.9 Å². The highest BCUT2D eigenvalue weighted by Crippen LogP contribution is 2.48. The number of amidine groups is 1. The van der Waals surface area contributed by atoms with Crippen LogP contribution in [0, 0.1) is 10.8 Å². The van der Waals surface area contributed by atoms with Crippen LogP contribution in [0.3, 0.4) is 0 Å². The maximum atomic E-state index is 13.8. The quantitative estimate of drug-likeness (QED) is 0.310. The summed E-state index contributed by atoms with van der Waals surface area (Å²) in [5, 5.41) is 15.1. The second-order valence-corrected chi connectivity index (χ2v) is 17.8. The van der Waals surface area contributed by atoms with Crippen molar-refractivity contribution in [3.05, 3.63) is 35.1 Å². The van der Waals surface area contributed by atoms with E-state index >= 15 is 0 Å². The molecule has 0 saturated heterocycles. The van der Waals surface area contributed by atoms with Gasteiger partial charge >= 0.3 is 0 Å². The van der Waals surface area contributed by atoms with Crippen molar-refractivity contribution in [2.45, 2.75) is 79.7 Å². The van der Waals surface area contributed by atoms with E-state index in [1.165, 1.54) is 6.26 Å². The number of sulfone groups is 1. The van der Waals surface area contributed by atoms with Gasteiger partial charge in [-0.05, 0) is 54.2 Å². The molecule has 0 aliphatic carbocycles. The maximum absolute atomic E-state index is 13.8. The number of anilines is 1. The first kappa shape index (κ1) is 30.4. The van der Waals surface area contributed by atoms with E-state index in [4.69, 9.17) is 0 Å². The molecule has 0 aromatic heterocycles. The summed E-state index contributed by atoms with van der Waals surface area (Å²) in [5.74, 6) is 0.0178. The highest BCUT2D eigenvalue weighted by atomic mass is 32.2. The Kier molecular flexibility index (Phi) is 8.65. The van der Waals surface area contributed by atoms with Gasteiger partial charge in [-0.3, -0.25) is 9.36 Å². The normalized spacial score (nSPS) is 22.4. The monoisotopic (exact) mass is 565 g/mol. The fourth-order valence-electron chi connectivity index (χ4n) is 5.00. The summed E-state index contributed by atoms with van der Waals surface area (Å²) in [4.78, 5) is 15.4. The molecule has 2 heterocycles. The minimum atomic E-state index is -3.22. The van der Waals surface area contributed by atoms with Crippen LogP contribution in [0.4, 0.5) is 5.69 Å². The molecule has 10 heteroatoms. The van der Waals surface area contributed by atoms with Crippen LogP contribution in [0.2, 0.25) is 0 Å². The summed E-state index contributed by atoms with van der Waals surface area (Å²) in [5.41, 5.74) is 1.34. The number of nitrogens with one attached hydrogen (secondary N) is 1. The Balaban J connectivity index is 1.85. The Bertz CT molecular complexity index is 1300. The van der Waals surface area contributed by atoms with Crippen molar-refractivity contribution in [2.24, 2.45) is 15.6 Å². The van der Waals surface area contributed by atoms with Crippen LogP contribution in [-0.2, 0) is 25.6 Å². The van der Waals surface area contributed by atoms with Gasteiger partial charge in [-0.25, -0.2) is 13.2 Å². The summed E-state index contributed by atoms with van der Waals surface area (Å²) < 4.78 is 40.9. The summed E-state index contributed by atoms with van der Waals surface area (Å²) in [6, 6.07) is 5.18. The zero-order valence-electron chi connectivity index (χ0n) is 24.1. The molecule has 2 N–H and O–H groups in total. The summed E-state index contributed by atoms with van der Waals surface area (Å²) in [6.07, 6.45) is 5.02. The van der Waals surface area contributed by atoms with Gasteiger partial charge in [0, 0.05) is 25.2 Å². The molecule has 0 radical (unpaired) electrons. The number of benzene rings is 1. The van der Waals surface area contributed by atoms with E-state index in [9.17, 15) is 22.9 Å². The molecular formula is C28H44N3O5PS. The highest BCUT2D eigenvalue weighted by Gasteiger charge is 2.48. The lowest BCUT2D eigenvalue weighted by atomic mass is 9.84. The molecule has 2 aliphatic rings. The number of rotatable bonds is 9. The molecule has 0 fully saturated rings. The first-order chi connectivity index (χ1) is 17.3. The number of carbonyl (C=O) groups is 1. The molecule has 1 aromatic rings. The van der Waals surface area contributed by atoms with Crippen molar-refractivity contribution >= 4 is 39.9 Å². The number of nitrogens with zero attached hydrogens (tertiary/aromatic N) is 2. The molecular weight excluding hydrogens is 521 g/mol. The van der Waals surface area contributed by atoms with Crippen molar-refractivity contribution in [1.29, 1.82) is 0 Å². The second-order valence-electron chi connectivity index (χ2n) is 13.1. The molecule has 0 saturated carbocycles. The van der Waals surface area contributed by atoms with Gasteiger partial charge in [0.1, 0.15) is 27.0 Å². The Morgan fingerprint density at radius 2 is 1.76 bits per heavy atom. The number of hydrogen-bond acceptors (Lipinski definition) is 6. The van der Waals surface area contributed by atoms with Gasteiger partial charge in [-0.15, -0.1) is 0 Å². The number of fused-ring (bicyclic) bond motifs is 1. The third-order valence-electron chi connectivity index (χ3n) is 6.99. The topological polar surface area (TPSA) is 116 Å². The molecule has 2 aliphatic heterocycles. The van der Waals surface area contributed by atoms with Gasteiger partial charge in [0.05, 0.1) is 17.0 Å². The van der Waals surface area contributed by atoms with E-state index < -0.39 is 28.6 Å². The lowest BCUT2D eigenvalue weighted by molar-refractivity contribution is -0.128. The molecule has 2 atom stereocenters. The van der Waals surface area contributed by atoms with Crippen LogP contribution >= 0.6 is 7.29 Å².